The summed E-state index contributed by atoms with van der Waals surface area (Å²) in [4.78, 5) is 23.7. The second-order valence-electron chi connectivity index (χ2n) is 8.48. The molecule has 2 aromatic carbocycles. The molecule has 2 aromatic rings. The quantitative estimate of drug-likeness (QED) is 0.244. The molecular weight excluding hydrogens is 418 g/mol. The Hall–Kier alpha value is -3.02. The first-order chi connectivity index (χ1) is 16.2. The largest absolute Gasteiger partial charge is 0.461 e. The summed E-state index contributed by atoms with van der Waals surface area (Å²) in [5.74, 6) is 1.51. The third-order valence-electron chi connectivity index (χ3n) is 5.83. The maximum atomic E-state index is 12.0. The van der Waals surface area contributed by atoms with E-state index in [4.69, 9.17) is 14.2 Å². The van der Waals surface area contributed by atoms with E-state index in [1.54, 1.807) is 24.3 Å². The van der Waals surface area contributed by atoms with Crippen molar-refractivity contribution in [1.29, 1.82) is 0 Å². The first-order valence-electron chi connectivity index (χ1n) is 12.1. The van der Waals surface area contributed by atoms with Gasteiger partial charge in [-0.25, -0.2) is 4.79 Å². The fraction of sp³-hybridized carbons (Fsp3) is 0.481. The molecule has 1 amide bonds. The maximum Gasteiger partial charge on any atom is 0.411 e. The molecule has 0 aromatic heterocycles. The number of carbonyl (C=O) groups is 2. The van der Waals surface area contributed by atoms with Crippen LogP contribution in [0.4, 0.5) is 10.5 Å². The molecule has 1 N–H and O–H groups in total. The van der Waals surface area contributed by atoms with Crippen molar-refractivity contribution in [2.24, 2.45) is 5.92 Å². The van der Waals surface area contributed by atoms with Crippen molar-refractivity contribution in [1.82, 2.24) is 0 Å². The lowest BCUT2D eigenvalue weighted by molar-refractivity contribution is -0.186. The molecule has 178 valence electrons. The van der Waals surface area contributed by atoms with E-state index in [1.165, 1.54) is 19.3 Å². The number of nitrogens with one attached hydrogen (secondary N) is 1. The first-order valence-corrected chi connectivity index (χ1v) is 12.1. The summed E-state index contributed by atoms with van der Waals surface area (Å²) in [6.07, 6.45) is 8.89. The topological polar surface area (TPSA) is 73.9 Å². The summed E-state index contributed by atoms with van der Waals surface area (Å²) in [6, 6.07) is 16.7. The van der Waals surface area contributed by atoms with Crippen molar-refractivity contribution in [2.45, 2.75) is 70.8 Å². The molecule has 1 heterocycles. The second-order valence-corrected chi connectivity index (χ2v) is 8.48. The number of para-hydroxylation sites is 1. The number of cyclic esters (lactones) is 1. The molecule has 0 saturated carbocycles. The zero-order valence-electron chi connectivity index (χ0n) is 19.5. The van der Waals surface area contributed by atoms with Gasteiger partial charge in [-0.1, -0.05) is 50.8 Å². The lowest BCUT2D eigenvalue weighted by Crippen LogP contribution is -2.44. The molecular formula is C27H35NO5. The average Bonchev–Trinajstić information content (AvgIpc) is 2.82. The van der Waals surface area contributed by atoms with Crippen LogP contribution in [0.15, 0.2) is 54.6 Å². The molecule has 0 unspecified atom stereocenters. The SMILES string of the molecule is CCCCCC[C@@H]1C(=O)O[C@H]1CCCCCOC(=O)Nc1ccc(Oc2ccccc2)cc1. The fourth-order valence-electron chi connectivity index (χ4n) is 3.93. The summed E-state index contributed by atoms with van der Waals surface area (Å²) in [5, 5.41) is 2.73. The Morgan fingerprint density at radius 2 is 1.58 bits per heavy atom. The summed E-state index contributed by atoms with van der Waals surface area (Å²) >= 11 is 0. The highest BCUT2D eigenvalue weighted by molar-refractivity contribution is 5.84. The monoisotopic (exact) mass is 453 g/mol. The van der Waals surface area contributed by atoms with E-state index < -0.39 is 6.09 Å². The van der Waals surface area contributed by atoms with E-state index in [-0.39, 0.29) is 18.0 Å². The van der Waals surface area contributed by atoms with Gasteiger partial charge in [0, 0.05) is 5.69 Å². The van der Waals surface area contributed by atoms with E-state index in [1.807, 2.05) is 30.3 Å². The van der Waals surface area contributed by atoms with E-state index in [2.05, 4.69) is 12.2 Å². The summed E-state index contributed by atoms with van der Waals surface area (Å²) in [7, 11) is 0. The minimum atomic E-state index is -0.466. The Morgan fingerprint density at radius 3 is 2.30 bits per heavy atom. The van der Waals surface area contributed by atoms with Gasteiger partial charge in [0.2, 0.25) is 0 Å². The van der Waals surface area contributed by atoms with Crippen molar-refractivity contribution in [3.63, 3.8) is 0 Å². The van der Waals surface area contributed by atoms with Crippen LogP contribution >= 0.6 is 0 Å². The highest BCUT2D eigenvalue weighted by Crippen LogP contribution is 2.31. The van der Waals surface area contributed by atoms with Gasteiger partial charge in [0.1, 0.15) is 17.6 Å². The number of carbonyl (C=O) groups excluding carboxylic acids is 2. The van der Waals surface area contributed by atoms with Gasteiger partial charge >= 0.3 is 12.1 Å². The molecule has 0 radical (unpaired) electrons. The molecule has 1 aliphatic heterocycles. The van der Waals surface area contributed by atoms with Crippen LogP contribution in [0.25, 0.3) is 0 Å². The molecule has 6 heteroatoms. The predicted molar refractivity (Wildman–Crippen MR) is 129 cm³/mol. The lowest BCUT2D eigenvalue weighted by Gasteiger charge is -2.35. The number of esters is 1. The van der Waals surface area contributed by atoms with Gasteiger partial charge in [0.15, 0.2) is 0 Å². The fourth-order valence-corrected chi connectivity index (χ4v) is 3.93. The number of ether oxygens (including phenoxy) is 3. The Bertz CT molecular complexity index is 853. The van der Waals surface area contributed by atoms with E-state index in [0.29, 0.717) is 18.0 Å². The normalized spacial score (nSPS) is 17.1. The van der Waals surface area contributed by atoms with Crippen LogP contribution in [-0.4, -0.2) is 24.8 Å². The van der Waals surface area contributed by atoms with Crippen molar-refractivity contribution in [3.8, 4) is 11.5 Å². The van der Waals surface area contributed by atoms with Gasteiger partial charge in [-0.3, -0.25) is 10.1 Å². The smallest absolute Gasteiger partial charge is 0.411 e. The van der Waals surface area contributed by atoms with Crippen molar-refractivity contribution in [3.05, 3.63) is 54.6 Å². The molecule has 0 bridgehead atoms. The Morgan fingerprint density at radius 1 is 0.879 bits per heavy atom. The van der Waals surface area contributed by atoms with Gasteiger partial charge in [0.25, 0.3) is 0 Å². The number of rotatable bonds is 14. The average molecular weight is 454 g/mol. The highest BCUT2D eigenvalue weighted by Gasteiger charge is 2.40. The van der Waals surface area contributed by atoms with Crippen LogP contribution in [0.1, 0.15) is 64.7 Å². The summed E-state index contributed by atoms with van der Waals surface area (Å²) < 4.78 is 16.3. The first kappa shape index (κ1) is 24.6. The summed E-state index contributed by atoms with van der Waals surface area (Å²) in [5.41, 5.74) is 0.650. The van der Waals surface area contributed by atoms with Crippen LogP contribution in [0.3, 0.4) is 0 Å². The van der Waals surface area contributed by atoms with Crippen molar-refractivity contribution < 1.29 is 23.8 Å². The van der Waals surface area contributed by atoms with Gasteiger partial charge in [0.05, 0.1) is 12.5 Å². The maximum absolute atomic E-state index is 12.0. The molecule has 1 fully saturated rings. The molecule has 3 rings (SSSR count). The number of hydrogen-bond acceptors (Lipinski definition) is 5. The molecule has 1 saturated heterocycles. The zero-order valence-corrected chi connectivity index (χ0v) is 19.5. The molecule has 0 spiro atoms. The minimum Gasteiger partial charge on any atom is -0.461 e. The van der Waals surface area contributed by atoms with Gasteiger partial charge < -0.3 is 14.2 Å². The third-order valence-corrected chi connectivity index (χ3v) is 5.83. The molecule has 0 aliphatic carbocycles. The van der Waals surface area contributed by atoms with E-state index in [9.17, 15) is 9.59 Å². The number of anilines is 1. The van der Waals surface area contributed by atoms with Crippen LogP contribution < -0.4 is 10.1 Å². The number of amides is 1. The number of unbranched alkanes of at least 4 members (excludes halogenated alkanes) is 5. The van der Waals surface area contributed by atoms with Crippen molar-refractivity contribution >= 4 is 17.7 Å². The number of benzene rings is 2. The highest BCUT2D eigenvalue weighted by atomic mass is 16.6. The molecule has 33 heavy (non-hydrogen) atoms. The summed E-state index contributed by atoms with van der Waals surface area (Å²) in [6.45, 7) is 2.56. The molecule has 1 aliphatic rings. The predicted octanol–water partition coefficient (Wildman–Crippen LogP) is 7.10. The van der Waals surface area contributed by atoms with Crippen LogP contribution in [0.5, 0.6) is 11.5 Å². The van der Waals surface area contributed by atoms with Crippen LogP contribution in [0, 0.1) is 5.92 Å². The van der Waals surface area contributed by atoms with E-state index >= 15 is 0 Å². The van der Waals surface area contributed by atoms with Crippen molar-refractivity contribution in [2.75, 3.05) is 11.9 Å². The Kier molecular flexibility index (Phi) is 10.1. The number of hydrogen-bond donors (Lipinski definition) is 1. The molecule has 2 atom stereocenters. The van der Waals surface area contributed by atoms with Crippen LogP contribution in [-0.2, 0) is 14.3 Å². The Balaban J connectivity index is 1.24. The third kappa shape index (κ3) is 8.44. The molecule has 6 nitrogen and oxygen atoms in total. The zero-order chi connectivity index (χ0) is 23.3. The second kappa shape index (κ2) is 13.5. The Labute approximate surface area is 196 Å². The van der Waals surface area contributed by atoms with E-state index in [0.717, 1.165) is 44.3 Å². The lowest BCUT2D eigenvalue weighted by atomic mass is 9.87. The van der Waals surface area contributed by atoms with Gasteiger partial charge in [-0.05, 0) is 68.5 Å². The van der Waals surface area contributed by atoms with Gasteiger partial charge in [-0.15, -0.1) is 0 Å². The standard InChI is InChI=1S/C27H35NO5/c1-2-3-4-9-14-24-25(33-26(24)29)15-10-6-11-20-31-27(30)28-21-16-18-23(19-17-21)32-22-12-7-5-8-13-22/h5,7-8,12-13,16-19,24-25H,2-4,6,9-11,14-15,20H2,1H3,(H,28,30)/t24-,25-/m0/s1. The minimum absolute atomic E-state index is 0.0313. The van der Waals surface area contributed by atoms with Crippen LogP contribution in [0.2, 0.25) is 0 Å². The van der Waals surface area contributed by atoms with Gasteiger partial charge in [-0.2, -0.15) is 0 Å².